The molecule has 3 aromatic rings. The van der Waals surface area contributed by atoms with Crippen LogP contribution < -0.4 is 14.5 Å². The molecular weight excluding hydrogens is 362 g/mol. The van der Waals surface area contributed by atoms with Gasteiger partial charge in [0.25, 0.3) is 4.84 Å². The second-order valence-corrected chi connectivity index (χ2v) is 6.86. The number of ether oxygens (including phenoxy) is 1. The topological polar surface area (TPSA) is 60.8 Å². The molecule has 7 nitrogen and oxygen atoms in total. The molecule has 3 heterocycles. The fraction of sp³-hybridized carbons (Fsp3) is 0.316. The van der Waals surface area contributed by atoms with Crippen molar-refractivity contribution in [1.29, 1.82) is 0 Å². The first-order valence-corrected chi connectivity index (χ1v) is 9.34. The minimum Gasteiger partial charge on any atom is -0.497 e. The van der Waals surface area contributed by atoms with Crippen molar-refractivity contribution in [3.8, 4) is 17.2 Å². The summed E-state index contributed by atoms with van der Waals surface area (Å²) in [5.74, 6) is 1.40. The van der Waals surface area contributed by atoms with Crippen molar-refractivity contribution in [3.63, 3.8) is 0 Å². The molecule has 0 bridgehead atoms. The molecule has 2 aromatic heterocycles. The molecular formula is C19H22N5O2S+. The zero-order valence-corrected chi connectivity index (χ0v) is 16.0. The second kappa shape index (κ2) is 7.89. The van der Waals surface area contributed by atoms with Crippen LogP contribution in [0.1, 0.15) is 0 Å². The number of benzene rings is 1. The summed E-state index contributed by atoms with van der Waals surface area (Å²) < 4.78 is 12.6. The highest BCUT2D eigenvalue weighted by molar-refractivity contribution is 7.71. The van der Waals surface area contributed by atoms with Crippen LogP contribution in [0, 0.1) is 4.84 Å². The molecule has 0 aliphatic carbocycles. The van der Waals surface area contributed by atoms with Crippen LogP contribution in [-0.2, 0) is 6.67 Å². The summed E-state index contributed by atoms with van der Waals surface area (Å²) in [5.41, 5.74) is 2.06. The number of quaternary nitrogens is 1. The van der Waals surface area contributed by atoms with Crippen LogP contribution in [-0.4, -0.2) is 48.1 Å². The van der Waals surface area contributed by atoms with E-state index >= 15 is 0 Å². The molecule has 1 fully saturated rings. The fourth-order valence-electron chi connectivity index (χ4n) is 3.26. The van der Waals surface area contributed by atoms with Crippen molar-refractivity contribution in [2.75, 3.05) is 38.2 Å². The number of piperazine rings is 1. The number of anilines is 1. The highest BCUT2D eigenvalue weighted by Crippen LogP contribution is 2.19. The number of pyridine rings is 1. The van der Waals surface area contributed by atoms with Crippen molar-refractivity contribution in [1.82, 2.24) is 14.8 Å². The van der Waals surface area contributed by atoms with Gasteiger partial charge >= 0.3 is 0 Å². The van der Waals surface area contributed by atoms with E-state index in [4.69, 9.17) is 21.4 Å². The summed E-state index contributed by atoms with van der Waals surface area (Å²) >= 11 is 5.34. The lowest BCUT2D eigenvalue weighted by Gasteiger charge is -2.33. The van der Waals surface area contributed by atoms with Crippen molar-refractivity contribution in [2.24, 2.45) is 0 Å². The Morgan fingerprint density at radius 3 is 2.63 bits per heavy atom. The average Bonchev–Trinajstić information content (AvgIpc) is 3.10. The SMILES string of the molecule is COc1ccc(N2CC[NH+](Cn3nc(-c4cccnc4)oc3=S)CC2)cc1. The quantitative estimate of drug-likeness (QED) is 0.675. The monoisotopic (exact) mass is 384 g/mol. The predicted molar refractivity (Wildman–Crippen MR) is 104 cm³/mol. The maximum atomic E-state index is 5.65. The van der Waals surface area contributed by atoms with Crippen LogP contribution in [0.4, 0.5) is 5.69 Å². The van der Waals surface area contributed by atoms with Gasteiger partial charge in [0, 0.05) is 18.1 Å². The van der Waals surface area contributed by atoms with Crippen LogP contribution in [0.2, 0.25) is 0 Å². The zero-order chi connectivity index (χ0) is 18.6. The van der Waals surface area contributed by atoms with Crippen molar-refractivity contribution in [3.05, 3.63) is 53.6 Å². The third-order valence-corrected chi connectivity index (χ3v) is 5.09. The molecule has 0 atom stereocenters. The van der Waals surface area contributed by atoms with Crippen LogP contribution in [0.25, 0.3) is 11.5 Å². The molecule has 1 aromatic carbocycles. The maximum absolute atomic E-state index is 5.65. The normalized spacial score (nSPS) is 15.1. The Balaban J connectivity index is 1.38. The molecule has 1 aliphatic heterocycles. The van der Waals surface area contributed by atoms with Crippen LogP contribution in [0.3, 0.4) is 0 Å². The van der Waals surface area contributed by atoms with Crippen molar-refractivity contribution >= 4 is 17.9 Å². The summed E-state index contributed by atoms with van der Waals surface area (Å²) in [6.45, 7) is 4.72. The number of hydrogen-bond donors (Lipinski definition) is 1. The van der Waals surface area contributed by atoms with Crippen molar-refractivity contribution in [2.45, 2.75) is 6.67 Å². The lowest BCUT2D eigenvalue weighted by molar-refractivity contribution is -0.924. The maximum Gasteiger partial charge on any atom is 0.292 e. The highest BCUT2D eigenvalue weighted by atomic mass is 32.1. The zero-order valence-electron chi connectivity index (χ0n) is 15.2. The van der Waals surface area contributed by atoms with Crippen LogP contribution in [0.15, 0.2) is 53.2 Å². The number of nitrogens with zero attached hydrogens (tertiary/aromatic N) is 4. The van der Waals surface area contributed by atoms with Gasteiger partial charge in [0.2, 0.25) is 5.89 Å². The van der Waals surface area contributed by atoms with Gasteiger partial charge in [-0.1, -0.05) is 0 Å². The molecule has 1 aliphatic rings. The van der Waals surface area contributed by atoms with Gasteiger partial charge < -0.3 is 19.0 Å². The van der Waals surface area contributed by atoms with Crippen molar-refractivity contribution < 1.29 is 14.1 Å². The minimum atomic E-state index is 0.402. The summed E-state index contributed by atoms with van der Waals surface area (Å²) in [5, 5.41) is 4.53. The third kappa shape index (κ3) is 4.01. The van der Waals surface area contributed by atoms with Gasteiger partial charge in [-0.3, -0.25) is 4.98 Å². The summed E-state index contributed by atoms with van der Waals surface area (Å²) in [7, 11) is 1.69. The van der Waals surface area contributed by atoms with E-state index in [2.05, 4.69) is 27.1 Å². The van der Waals surface area contributed by atoms with Crippen LogP contribution in [0.5, 0.6) is 5.75 Å². The Morgan fingerprint density at radius 2 is 1.96 bits per heavy atom. The first-order chi connectivity index (χ1) is 13.2. The number of aromatic nitrogens is 3. The molecule has 1 N–H and O–H groups in total. The Hall–Kier alpha value is -2.71. The first kappa shape index (κ1) is 17.7. The van der Waals surface area contributed by atoms with E-state index in [1.807, 2.05) is 24.3 Å². The van der Waals surface area contributed by atoms with Gasteiger partial charge in [0.1, 0.15) is 5.75 Å². The second-order valence-electron chi connectivity index (χ2n) is 6.51. The Kier molecular flexibility index (Phi) is 5.17. The third-order valence-electron chi connectivity index (χ3n) is 4.80. The molecule has 140 valence electrons. The van der Waals surface area contributed by atoms with E-state index in [0.717, 1.165) is 37.5 Å². The van der Waals surface area contributed by atoms with Gasteiger partial charge in [-0.25, -0.2) is 0 Å². The summed E-state index contributed by atoms with van der Waals surface area (Å²) in [6.07, 6.45) is 3.45. The first-order valence-electron chi connectivity index (χ1n) is 8.94. The lowest BCUT2D eigenvalue weighted by atomic mass is 10.2. The van der Waals surface area contributed by atoms with E-state index in [-0.39, 0.29) is 0 Å². The molecule has 4 rings (SSSR count). The predicted octanol–water partition coefficient (Wildman–Crippen LogP) is 1.64. The number of hydrogen-bond acceptors (Lipinski definition) is 6. The summed E-state index contributed by atoms with van der Waals surface area (Å²) in [6, 6.07) is 12.0. The summed E-state index contributed by atoms with van der Waals surface area (Å²) in [4.78, 5) is 8.33. The number of rotatable bonds is 5. The van der Waals surface area contributed by atoms with Gasteiger partial charge in [-0.2, -0.15) is 4.68 Å². The molecule has 0 spiro atoms. The average molecular weight is 384 g/mol. The van der Waals surface area contributed by atoms with Gasteiger partial charge in [0.15, 0.2) is 6.67 Å². The van der Waals surface area contributed by atoms with E-state index in [1.165, 1.54) is 10.6 Å². The Labute approximate surface area is 162 Å². The molecule has 0 unspecified atom stereocenters. The smallest absolute Gasteiger partial charge is 0.292 e. The molecule has 0 amide bonds. The molecule has 8 heteroatoms. The number of methoxy groups -OCH3 is 1. The van der Waals surface area contributed by atoms with Gasteiger partial charge in [-0.05, 0) is 48.6 Å². The Bertz CT molecular complexity index is 931. The molecule has 0 radical (unpaired) electrons. The van der Waals surface area contributed by atoms with E-state index < -0.39 is 0 Å². The minimum absolute atomic E-state index is 0.402. The molecule has 1 saturated heterocycles. The van der Waals surface area contributed by atoms with Gasteiger partial charge in [-0.15, -0.1) is 5.10 Å². The lowest BCUT2D eigenvalue weighted by Crippen LogP contribution is -3.14. The number of nitrogens with one attached hydrogen (secondary N) is 1. The highest BCUT2D eigenvalue weighted by Gasteiger charge is 2.22. The Morgan fingerprint density at radius 1 is 1.19 bits per heavy atom. The molecule has 0 saturated carbocycles. The fourth-order valence-corrected chi connectivity index (χ4v) is 3.44. The van der Waals surface area contributed by atoms with E-state index in [9.17, 15) is 0 Å². The largest absolute Gasteiger partial charge is 0.497 e. The van der Waals surface area contributed by atoms with E-state index in [1.54, 1.807) is 24.2 Å². The molecule has 27 heavy (non-hydrogen) atoms. The van der Waals surface area contributed by atoms with E-state index in [0.29, 0.717) is 17.4 Å². The van der Waals surface area contributed by atoms with Gasteiger partial charge in [0.05, 0.1) is 38.9 Å². The standard InChI is InChI=1S/C19H21N5O2S/c1-25-17-6-4-16(5-7-17)23-11-9-22(10-12-23)14-24-19(27)26-18(21-24)15-3-2-8-20-13-15/h2-8,13H,9-12,14H2,1H3/p+1. The van der Waals surface area contributed by atoms with Crippen LogP contribution >= 0.6 is 12.2 Å².